The monoisotopic (exact) mass is 476 g/mol. The molecule has 1 atom stereocenters. The number of hydrogen-bond acceptors (Lipinski definition) is 5. The van der Waals surface area contributed by atoms with E-state index in [0.29, 0.717) is 17.9 Å². The quantitative estimate of drug-likeness (QED) is 0.189. The van der Waals surface area contributed by atoms with Gasteiger partial charge in [-0.2, -0.15) is 0 Å². The number of rotatable bonds is 8. The number of nitrogen functional groups attached to an aromatic ring is 1. The van der Waals surface area contributed by atoms with E-state index in [2.05, 4.69) is 42.2 Å². The van der Waals surface area contributed by atoms with Gasteiger partial charge < -0.3 is 21.5 Å². The van der Waals surface area contributed by atoms with Crippen molar-refractivity contribution in [2.45, 2.75) is 36.6 Å². The van der Waals surface area contributed by atoms with E-state index < -0.39 is 0 Å². The molecular weight excluding hydrogens is 440 g/mol. The highest BCUT2D eigenvalue weighted by Crippen LogP contribution is 2.19. The van der Waals surface area contributed by atoms with E-state index in [9.17, 15) is 0 Å². The fraction of sp³-hybridized carbons (Fsp3) is 0.321. The standard InChI is InChI=1S/C22H30N4O.C6H6S/c23-20(15-27-21-3-1-2-19(14-21)22(24)25)13-17-6-4-16(5-7-17)12-18-8-10-26-11-9-18;7-6-4-2-1-3-5-6/h1-7,14,18,20,26H,8-13,15,23H2,(H3,24,25);1-5,7H/t20-;/m0./s1. The second kappa shape index (κ2) is 13.8. The van der Waals surface area contributed by atoms with Crippen LogP contribution in [-0.4, -0.2) is 31.6 Å². The predicted octanol–water partition coefficient (Wildman–Crippen LogP) is 4.44. The fourth-order valence-corrected chi connectivity index (χ4v) is 4.15. The maximum absolute atomic E-state index is 7.49. The second-order valence-corrected chi connectivity index (χ2v) is 9.28. The minimum Gasteiger partial charge on any atom is -0.492 e. The number of nitrogens with one attached hydrogen (secondary N) is 2. The molecule has 1 aliphatic heterocycles. The molecule has 0 unspecified atom stereocenters. The minimum absolute atomic E-state index is 0.0364. The first-order chi connectivity index (χ1) is 16.5. The maximum Gasteiger partial charge on any atom is 0.122 e. The van der Waals surface area contributed by atoms with Crippen LogP contribution in [0.1, 0.15) is 29.5 Å². The zero-order valence-corrected chi connectivity index (χ0v) is 20.5. The van der Waals surface area contributed by atoms with Crippen LogP contribution in [0.4, 0.5) is 0 Å². The van der Waals surface area contributed by atoms with Crippen molar-refractivity contribution >= 4 is 18.5 Å². The van der Waals surface area contributed by atoms with E-state index in [0.717, 1.165) is 30.3 Å². The lowest BCUT2D eigenvalue weighted by Crippen LogP contribution is -2.30. The highest BCUT2D eigenvalue weighted by molar-refractivity contribution is 7.80. The van der Waals surface area contributed by atoms with Crippen molar-refractivity contribution in [3.05, 3.63) is 95.6 Å². The summed E-state index contributed by atoms with van der Waals surface area (Å²) in [4.78, 5) is 1.02. The van der Waals surface area contributed by atoms with Gasteiger partial charge in [0.25, 0.3) is 0 Å². The zero-order chi connectivity index (χ0) is 24.2. The summed E-state index contributed by atoms with van der Waals surface area (Å²) < 4.78 is 5.77. The molecule has 1 fully saturated rings. The number of ether oxygens (including phenoxy) is 1. The summed E-state index contributed by atoms with van der Waals surface area (Å²) in [5, 5.41) is 10.9. The maximum atomic E-state index is 7.49. The number of nitrogens with two attached hydrogens (primary N) is 2. The molecule has 5 nitrogen and oxygen atoms in total. The van der Waals surface area contributed by atoms with Gasteiger partial charge in [-0.15, -0.1) is 12.6 Å². The molecule has 1 heterocycles. The molecule has 0 aliphatic carbocycles. The Balaban J connectivity index is 0.000000396. The highest BCUT2D eigenvalue weighted by Gasteiger charge is 2.13. The molecule has 1 saturated heterocycles. The number of amidine groups is 1. The van der Waals surface area contributed by atoms with Gasteiger partial charge >= 0.3 is 0 Å². The zero-order valence-electron chi connectivity index (χ0n) is 19.6. The Morgan fingerprint density at radius 3 is 2.26 bits per heavy atom. The van der Waals surface area contributed by atoms with Gasteiger partial charge in [-0.05, 0) is 80.1 Å². The van der Waals surface area contributed by atoms with Gasteiger partial charge in [-0.1, -0.05) is 54.6 Å². The highest BCUT2D eigenvalue weighted by atomic mass is 32.1. The molecule has 0 radical (unpaired) electrons. The molecule has 0 spiro atoms. The van der Waals surface area contributed by atoms with Crippen LogP contribution in [0.2, 0.25) is 0 Å². The van der Waals surface area contributed by atoms with Crippen LogP contribution in [0.3, 0.4) is 0 Å². The molecule has 34 heavy (non-hydrogen) atoms. The predicted molar refractivity (Wildman–Crippen MR) is 144 cm³/mol. The summed E-state index contributed by atoms with van der Waals surface area (Å²) in [5.74, 6) is 1.53. The van der Waals surface area contributed by atoms with Crippen molar-refractivity contribution < 1.29 is 4.74 Å². The molecule has 1 aliphatic rings. The van der Waals surface area contributed by atoms with Crippen molar-refractivity contribution in [2.75, 3.05) is 19.7 Å². The van der Waals surface area contributed by atoms with E-state index in [1.54, 1.807) is 12.1 Å². The average Bonchev–Trinajstić information content (AvgIpc) is 2.86. The molecule has 6 N–H and O–H groups in total. The summed E-state index contributed by atoms with van der Waals surface area (Å²) in [6.45, 7) is 2.72. The first kappa shape index (κ1) is 25.8. The van der Waals surface area contributed by atoms with Crippen LogP contribution in [0.5, 0.6) is 5.75 Å². The third kappa shape index (κ3) is 9.21. The van der Waals surface area contributed by atoms with Gasteiger partial charge in [0.05, 0.1) is 0 Å². The number of hydrogen-bond donors (Lipinski definition) is 5. The number of benzene rings is 3. The van der Waals surface area contributed by atoms with Crippen molar-refractivity contribution in [3.63, 3.8) is 0 Å². The normalized spacial score (nSPS) is 14.5. The summed E-state index contributed by atoms with van der Waals surface area (Å²) in [6.07, 6.45) is 4.49. The van der Waals surface area contributed by atoms with E-state index in [-0.39, 0.29) is 11.9 Å². The first-order valence-electron chi connectivity index (χ1n) is 11.8. The van der Waals surface area contributed by atoms with Gasteiger partial charge in [-0.25, -0.2) is 0 Å². The Bertz CT molecular complexity index is 1000. The van der Waals surface area contributed by atoms with E-state index >= 15 is 0 Å². The molecule has 0 saturated carbocycles. The topological polar surface area (TPSA) is 97.2 Å². The molecule has 3 aromatic rings. The van der Waals surface area contributed by atoms with Gasteiger partial charge in [0.15, 0.2) is 0 Å². The van der Waals surface area contributed by atoms with Crippen LogP contribution < -0.4 is 21.5 Å². The average molecular weight is 477 g/mol. The molecule has 4 rings (SSSR count). The Hall–Kier alpha value is -2.80. The molecular formula is C28H36N4OS. The summed E-state index contributed by atoms with van der Waals surface area (Å²) in [6, 6.07) is 25.8. The Labute approximate surface area is 208 Å². The smallest absolute Gasteiger partial charge is 0.122 e. The lowest BCUT2D eigenvalue weighted by atomic mass is 9.90. The molecule has 180 valence electrons. The molecule has 0 bridgehead atoms. The van der Waals surface area contributed by atoms with Gasteiger partial charge in [0.2, 0.25) is 0 Å². The summed E-state index contributed by atoms with van der Waals surface area (Å²) in [5.41, 5.74) is 15.1. The Morgan fingerprint density at radius 2 is 1.65 bits per heavy atom. The van der Waals surface area contributed by atoms with Crippen LogP contribution in [0.25, 0.3) is 0 Å². The van der Waals surface area contributed by atoms with Crippen molar-refractivity contribution in [2.24, 2.45) is 17.4 Å². The lowest BCUT2D eigenvalue weighted by Gasteiger charge is -2.22. The minimum atomic E-state index is -0.0822. The van der Waals surface area contributed by atoms with Crippen LogP contribution >= 0.6 is 12.6 Å². The van der Waals surface area contributed by atoms with E-state index in [1.165, 1.54) is 30.4 Å². The van der Waals surface area contributed by atoms with Gasteiger partial charge in [-0.3, -0.25) is 5.41 Å². The van der Waals surface area contributed by atoms with E-state index in [4.69, 9.17) is 21.6 Å². The van der Waals surface area contributed by atoms with E-state index in [1.807, 2.05) is 42.5 Å². The molecule has 0 aromatic heterocycles. The van der Waals surface area contributed by atoms with Crippen molar-refractivity contribution in [1.82, 2.24) is 5.32 Å². The first-order valence-corrected chi connectivity index (χ1v) is 12.3. The van der Waals surface area contributed by atoms with Crippen molar-refractivity contribution in [3.8, 4) is 5.75 Å². The summed E-state index contributed by atoms with van der Waals surface area (Å²) in [7, 11) is 0. The Morgan fingerprint density at radius 1 is 0.971 bits per heavy atom. The number of thiol groups is 1. The largest absolute Gasteiger partial charge is 0.492 e. The molecule has 0 amide bonds. The lowest BCUT2D eigenvalue weighted by molar-refractivity contribution is 0.287. The Kier molecular flexibility index (Phi) is 10.5. The molecule has 3 aromatic carbocycles. The molecule has 6 heteroatoms. The fourth-order valence-electron chi connectivity index (χ4n) is 3.98. The summed E-state index contributed by atoms with van der Waals surface area (Å²) >= 11 is 4.08. The number of piperidine rings is 1. The third-order valence-corrected chi connectivity index (χ3v) is 6.17. The van der Waals surface area contributed by atoms with Gasteiger partial charge in [0, 0.05) is 16.5 Å². The van der Waals surface area contributed by atoms with Crippen LogP contribution in [0.15, 0.2) is 83.8 Å². The van der Waals surface area contributed by atoms with Crippen LogP contribution in [-0.2, 0) is 12.8 Å². The van der Waals surface area contributed by atoms with Crippen LogP contribution in [0, 0.1) is 11.3 Å². The third-order valence-electron chi connectivity index (χ3n) is 5.87. The second-order valence-electron chi connectivity index (χ2n) is 8.77. The van der Waals surface area contributed by atoms with Gasteiger partial charge in [0.1, 0.15) is 18.2 Å². The van der Waals surface area contributed by atoms with Crippen molar-refractivity contribution in [1.29, 1.82) is 5.41 Å². The SMILES string of the molecule is N=C(N)c1cccc(OC[C@@H](N)Cc2ccc(CC3CCNCC3)cc2)c1.Sc1ccccc1.